The van der Waals surface area contributed by atoms with Crippen molar-refractivity contribution in [3.8, 4) is 0 Å². The molecule has 78 valence electrons. The molecular formula is C11H23NO. The highest BCUT2D eigenvalue weighted by molar-refractivity contribution is 4.98. The molecule has 0 aromatic heterocycles. The summed E-state index contributed by atoms with van der Waals surface area (Å²) in [7, 11) is 0. The van der Waals surface area contributed by atoms with Crippen molar-refractivity contribution in [1.82, 2.24) is 0 Å². The first-order valence-electron chi connectivity index (χ1n) is 5.25. The van der Waals surface area contributed by atoms with E-state index in [-0.39, 0.29) is 5.60 Å². The molecule has 1 atom stereocenters. The highest BCUT2D eigenvalue weighted by atomic mass is 16.5. The molecule has 2 nitrogen and oxygen atoms in total. The Hall–Kier alpha value is -0.0800. The van der Waals surface area contributed by atoms with Gasteiger partial charge in [-0.05, 0) is 52.4 Å². The predicted octanol–water partition coefficient (Wildman–Crippen LogP) is 2.32. The lowest BCUT2D eigenvalue weighted by molar-refractivity contribution is -0.0120. The lowest BCUT2D eigenvalue weighted by Gasteiger charge is -2.24. The van der Waals surface area contributed by atoms with Crippen LogP contribution in [-0.2, 0) is 4.74 Å². The molecule has 0 aromatic carbocycles. The van der Waals surface area contributed by atoms with Crippen LogP contribution in [0.2, 0.25) is 0 Å². The highest BCUT2D eigenvalue weighted by Crippen LogP contribution is 2.51. The second-order valence-corrected chi connectivity index (χ2v) is 5.36. The number of hydrogen-bond donors (Lipinski definition) is 1. The molecule has 2 heteroatoms. The van der Waals surface area contributed by atoms with E-state index in [1.807, 2.05) is 0 Å². The normalized spacial score (nSPS) is 22.8. The van der Waals surface area contributed by atoms with E-state index >= 15 is 0 Å². The summed E-state index contributed by atoms with van der Waals surface area (Å²) in [5.41, 5.74) is 6.34. The summed E-state index contributed by atoms with van der Waals surface area (Å²) < 4.78 is 5.70. The summed E-state index contributed by atoms with van der Waals surface area (Å²) >= 11 is 0. The van der Waals surface area contributed by atoms with Crippen molar-refractivity contribution in [2.45, 2.75) is 58.6 Å². The number of ether oxygens (including phenoxy) is 1. The summed E-state index contributed by atoms with van der Waals surface area (Å²) in [5.74, 6) is 0. The average Bonchev–Trinajstić information content (AvgIpc) is 2.65. The van der Waals surface area contributed by atoms with E-state index in [4.69, 9.17) is 10.5 Å². The monoisotopic (exact) mass is 185 g/mol. The lowest BCUT2D eigenvalue weighted by atomic mass is 9.95. The molecule has 1 unspecified atom stereocenters. The molecule has 0 heterocycles. The SMILES string of the molecule is CC(N)C1(CCOC(C)(C)C)CC1. The standard InChI is InChI=1S/C11H23NO/c1-9(12)11(5-6-11)7-8-13-10(2,3)4/h9H,5-8,12H2,1-4H3. The quantitative estimate of drug-likeness (QED) is 0.729. The summed E-state index contributed by atoms with van der Waals surface area (Å²) in [6.07, 6.45) is 3.71. The average molecular weight is 185 g/mol. The maximum Gasteiger partial charge on any atom is 0.0598 e. The minimum Gasteiger partial charge on any atom is -0.376 e. The summed E-state index contributed by atoms with van der Waals surface area (Å²) in [6, 6.07) is 0.330. The Kier molecular flexibility index (Phi) is 3.03. The molecule has 1 rings (SSSR count). The van der Waals surface area contributed by atoms with Crippen LogP contribution in [0.3, 0.4) is 0 Å². The van der Waals surface area contributed by atoms with Crippen LogP contribution in [0.1, 0.15) is 47.0 Å². The third kappa shape index (κ3) is 3.28. The zero-order chi connectivity index (χ0) is 10.1. The number of nitrogens with two attached hydrogens (primary N) is 1. The molecule has 1 aliphatic carbocycles. The van der Waals surface area contributed by atoms with Gasteiger partial charge in [0.15, 0.2) is 0 Å². The van der Waals surface area contributed by atoms with Crippen molar-refractivity contribution >= 4 is 0 Å². The van der Waals surface area contributed by atoms with Gasteiger partial charge in [0.1, 0.15) is 0 Å². The largest absolute Gasteiger partial charge is 0.376 e. The van der Waals surface area contributed by atoms with Crippen molar-refractivity contribution in [2.75, 3.05) is 6.61 Å². The van der Waals surface area contributed by atoms with E-state index in [2.05, 4.69) is 27.7 Å². The van der Waals surface area contributed by atoms with Gasteiger partial charge in [0.25, 0.3) is 0 Å². The molecule has 13 heavy (non-hydrogen) atoms. The Bertz CT molecular complexity index is 165. The van der Waals surface area contributed by atoms with Crippen molar-refractivity contribution in [2.24, 2.45) is 11.1 Å². The van der Waals surface area contributed by atoms with Crippen molar-refractivity contribution < 1.29 is 4.74 Å². The van der Waals surface area contributed by atoms with Crippen molar-refractivity contribution in [1.29, 1.82) is 0 Å². The Morgan fingerprint density at radius 2 is 1.92 bits per heavy atom. The molecule has 0 aromatic rings. The van der Waals surface area contributed by atoms with E-state index in [0.29, 0.717) is 11.5 Å². The first kappa shape index (κ1) is 11.0. The highest BCUT2D eigenvalue weighted by Gasteiger charge is 2.45. The number of rotatable bonds is 4. The second kappa shape index (κ2) is 3.58. The van der Waals surface area contributed by atoms with E-state index in [0.717, 1.165) is 13.0 Å². The van der Waals surface area contributed by atoms with Gasteiger partial charge in [0.05, 0.1) is 5.60 Å². The smallest absolute Gasteiger partial charge is 0.0598 e. The molecule has 2 N–H and O–H groups in total. The summed E-state index contributed by atoms with van der Waals surface area (Å²) in [6.45, 7) is 9.25. The third-order valence-electron chi connectivity index (χ3n) is 2.99. The van der Waals surface area contributed by atoms with Crippen LogP contribution in [0.15, 0.2) is 0 Å². The topological polar surface area (TPSA) is 35.2 Å². The first-order chi connectivity index (χ1) is 5.86. The van der Waals surface area contributed by atoms with Crippen LogP contribution in [0.5, 0.6) is 0 Å². The molecule has 1 aliphatic rings. The number of hydrogen-bond acceptors (Lipinski definition) is 2. The van der Waals surface area contributed by atoms with E-state index in [9.17, 15) is 0 Å². The summed E-state index contributed by atoms with van der Waals surface area (Å²) in [5, 5.41) is 0. The predicted molar refractivity (Wildman–Crippen MR) is 55.6 cm³/mol. The van der Waals surface area contributed by atoms with E-state index in [1.165, 1.54) is 12.8 Å². The fourth-order valence-corrected chi connectivity index (χ4v) is 1.65. The molecule has 0 radical (unpaired) electrons. The first-order valence-corrected chi connectivity index (χ1v) is 5.25. The van der Waals surface area contributed by atoms with Crippen LogP contribution >= 0.6 is 0 Å². The van der Waals surface area contributed by atoms with Gasteiger partial charge in [0, 0.05) is 12.6 Å². The van der Waals surface area contributed by atoms with E-state index in [1.54, 1.807) is 0 Å². The van der Waals surface area contributed by atoms with E-state index < -0.39 is 0 Å². The zero-order valence-electron chi connectivity index (χ0n) is 9.39. The van der Waals surface area contributed by atoms with Crippen LogP contribution < -0.4 is 5.73 Å². The summed E-state index contributed by atoms with van der Waals surface area (Å²) in [4.78, 5) is 0. The fraction of sp³-hybridized carbons (Fsp3) is 1.00. The van der Waals surface area contributed by atoms with Gasteiger partial charge in [-0.25, -0.2) is 0 Å². The maximum absolute atomic E-state index is 5.93. The lowest BCUT2D eigenvalue weighted by Crippen LogP contribution is -2.30. The Morgan fingerprint density at radius 3 is 2.23 bits per heavy atom. The molecule has 0 saturated heterocycles. The molecule has 0 amide bonds. The Balaban J connectivity index is 2.20. The molecule has 0 aliphatic heterocycles. The van der Waals surface area contributed by atoms with Gasteiger partial charge in [-0.2, -0.15) is 0 Å². The third-order valence-corrected chi connectivity index (χ3v) is 2.99. The molecular weight excluding hydrogens is 162 g/mol. The van der Waals surface area contributed by atoms with Crippen LogP contribution in [0.25, 0.3) is 0 Å². The van der Waals surface area contributed by atoms with Gasteiger partial charge in [-0.15, -0.1) is 0 Å². The minimum atomic E-state index is -0.00604. The Labute approximate surface area is 81.8 Å². The van der Waals surface area contributed by atoms with Gasteiger partial charge < -0.3 is 10.5 Å². The van der Waals surface area contributed by atoms with Crippen LogP contribution in [0, 0.1) is 5.41 Å². The van der Waals surface area contributed by atoms with Crippen LogP contribution in [0.4, 0.5) is 0 Å². The van der Waals surface area contributed by atoms with Crippen LogP contribution in [-0.4, -0.2) is 18.2 Å². The molecule has 0 spiro atoms. The zero-order valence-corrected chi connectivity index (χ0v) is 9.39. The van der Waals surface area contributed by atoms with Crippen molar-refractivity contribution in [3.05, 3.63) is 0 Å². The minimum absolute atomic E-state index is 0.00604. The fourth-order valence-electron chi connectivity index (χ4n) is 1.65. The molecule has 0 bridgehead atoms. The molecule has 1 saturated carbocycles. The van der Waals surface area contributed by atoms with Gasteiger partial charge >= 0.3 is 0 Å². The second-order valence-electron chi connectivity index (χ2n) is 5.36. The Morgan fingerprint density at radius 1 is 1.38 bits per heavy atom. The van der Waals surface area contributed by atoms with Crippen molar-refractivity contribution in [3.63, 3.8) is 0 Å². The van der Waals surface area contributed by atoms with Gasteiger partial charge in [-0.1, -0.05) is 0 Å². The maximum atomic E-state index is 5.93. The molecule has 1 fully saturated rings. The van der Waals surface area contributed by atoms with Gasteiger partial charge in [-0.3, -0.25) is 0 Å². The van der Waals surface area contributed by atoms with Gasteiger partial charge in [0.2, 0.25) is 0 Å².